The Morgan fingerprint density at radius 3 is 3.04 bits per heavy atom. The second-order valence-electron chi connectivity index (χ2n) is 6.50. The third-order valence-corrected chi connectivity index (χ3v) is 4.34. The molecule has 2 aromatic rings. The van der Waals surface area contributed by atoms with Crippen molar-refractivity contribution < 1.29 is 4.79 Å². The molecular formula is C17H23N5O. The van der Waals surface area contributed by atoms with Crippen LogP contribution in [0.4, 0.5) is 4.79 Å². The number of rotatable bonds is 4. The fraction of sp³-hybridized carbons (Fsp3) is 0.471. The van der Waals surface area contributed by atoms with E-state index in [1.807, 2.05) is 6.92 Å². The maximum atomic E-state index is 12.3. The summed E-state index contributed by atoms with van der Waals surface area (Å²) in [7, 11) is 0. The highest BCUT2D eigenvalue weighted by Crippen LogP contribution is 2.36. The highest BCUT2D eigenvalue weighted by molar-refractivity contribution is 5.75. The molecule has 0 radical (unpaired) electrons. The number of nitrogens with one attached hydrogen (secondary N) is 2. The van der Waals surface area contributed by atoms with Gasteiger partial charge >= 0.3 is 6.03 Å². The molecule has 6 heteroatoms. The maximum absolute atomic E-state index is 12.3. The molecule has 1 aromatic heterocycles. The first kappa shape index (κ1) is 15.5. The van der Waals surface area contributed by atoms with Crippen LogP contribution in [0.15, 0.2) is 30.9 Å². The molecular weight excluding hydrogens is 290 g/mol. The zero-order valence-corrected chi connectivity index (χ0v) is 13.8. The van der Waals surface area contributed by atoms with Gasteiger partial charge in [-0.25, -0.2) is 9.78 Å². The Kier molecular flexibility index (Phi) is 4.32. The second-order valence-corrected chi connectivity index (χ2v) is 6.50. The van der Waals surface area contributed by atoms with Crippen molar-refractivity contribution in [1.29, 1.82) is 0 Å². The SMILES string of the molecule is Cc1ccc2c(c1)C(NC(=O)NC(C)Cn1cncn1)C(C)C2. The molecule has 0 bridgehead atoms. The van der Waals surface area contributed by atoms with Gasteiger partial charge in [-0.15, -0.1) is 0 Å². The van der Waals surface area contributed by atoms with Crippen LogP contribution >= 0.6 is 0 Å². The number of amides is 2. The number of aromatic nitrogens is 3. The Balaban J connectivity index is 1.61. The predicted molar refractivity (Wildman–Crippen MR) is 87.9 cm³/mol. The van der Waals surface area contributed by atoms with E-state index in [1.165, 1.54) is 23.0 Å². The van der Waals surface area contributed by atoms with E-state index in [0.29, 0.717) is 12.5 Å². The largest absolute Gasteiger partial charge is 0.334 e. The fourth-order valence-corrected chi connectivity index (χ4v) is 3.24. The van der Waals surface area contributed by atoms with Crippen molar-refractivity contribution in [3.63, 3.8) is 0 Å². The smallest absolute Gasteiger partial charge is 0.315 e. The van der Waals surface area contributed by atoms with Gasteiger partial charge in [-0.3, -0.25) is 4.68 Å². The van der Waals surface area contributed by atoms with Crippen LogP contribution < -0.4 is 10.6 Å². The third-order valence-electron chi connectivity index (χ3n) is 4.34. The maximum Gasteiger partial charge on any atom is 0.315 e. The first-order valence-corrected chi connectivity index (χ1v) is 8.02. The molecule has 1 aliphatic rings. The molecule has 6 nitrogen and oxygen atoms in total. The third kappa shape index (κ3) is 3.52. The first-order chi connectivity index (χ1) is 11.0. The predicted octanol–water partition coefficient (Wildman–Crippen LogP) is 2.21. The molecule has 1 heterocycles. The quantitative estimate of drug-likeness (QED) is 0.909. The van der Waals surface area contributed by atoms with E-state index in [1.54, 1.807) is 11.0 Å². The second kappa shape index (κ2) is 6.40. The average Bonchev–Trinajstić information content (AvgIpc) is 3.08. The van der Waals surface area contributed by atoms with Crippen molar-refractivity contribution in [2.75, 3.05) is 0 Å². The molecule has 2 amide bonds. The number of fused-ring (bicyclic) bond motifs is 1. The summed E-state index contributed by atoms with van der Waals surface area (Å²) in [6.45, 7) is 6.82. The van der Waals surface area contributed by atoms with Gasteiger partial charge in [0.15, 0.2) is 0 Å². The van der Waals surface area contributed by atoms with Crippen LogP contribution in [0.25, 0.3) is 0 Å². The standard InChI is InChI=1S/C17H23N5O/c1-11-4-5-14-7-12(2)16(15(14)6-11)21-17(23)20-13(3)8-22-10-18-9-19-22/h4-6,9-10,12-13,16H,7-8H2,1-3H3,(H2,20,21,23). The number of hydrogen-bond acceptors (Lipinski definition) is 3. The van der Waals surface area contributed by atoms with Gasteiger partial charge in [0.2, 0.25) is 0 Å². The normalized spacial score (nSPS) is 20.8. The summed E-state index contributed by atoms with van der Waals surface area (Å²) in [4.78, 5) is 16.2. The lowest BCUT2D eigenvalue weighted by Crippen LogP contribution is -2.44. The molecule has 2 N–H and O–H groups in total. The zero-order valence-electron chi connectivity index (χ0n) is 13.8. The summed E-state index contributed by atoms with van der Waals surface area (Å²) in [5.74, 6) is 0.406. The van der Waals surface area contributed by atoms with Gasteiger partial charge in [0.05, 0.1) is 12.6 Å². The molecule has 3 unspecified atom stereocenters. The lowest BCUT2D eigenvalue weighted by molar-refractivity contribution is 0.229. The lowest BCUT2D eigenvalue weighted by Gasteiger charge is -2.21. The molecule has 3 rings (SSSR count). The molecule has 0 fully saturated rings. The van der Waals surface area contributed by atoms with Crippen LogP contribution in [0.5, 0.6) is 0 Å². The van der Waals surface area contributed by atoms with Gasteiger partial charge in [-0.05, 0) is 37.3 Å². The van der Waals surface area contributed by atoms with Gasteiger partial charge in [-0.1, -0.05) is 30.7 Å². The van der Waals surface area contributed by atoms with Crippen LogP contribution in [0, 0.1) is 12.8 Å². The zero-order chi connectivity index (χ0) is 16.4. The van der Waals surface area contributed by atoms with Crippen molar-refractivity contribution in [2.45, 2.75) is 45.8 Å². The summed E-state index contributed by atoms with van der Waals surface area (Å²) < 4.78 is 1.71. The Morgan fingerprint density at radius 1 is 1.48 bits per heavy atom. The van der Waals surface area contributed by atoms with Gasteiger partial charge in [-0.2, -0.15) is 5.10 Å². The van der Waals surface area contributed by atoms with Crippen LogP contribution in [0.1, 0.15) is 36.6 Å². The molecule has 0 aliphatic heterocycles. The van der Waals surface area contributed by atoms with Crippen LogP contribution in [0.2, 0.25) is 0 Å². The fourth-order valence-electron chi connectivity index (χ4n) is 3.24. The van der Waals surface area contributed by atoms with E-state index >= 15 is 0 Å². The number of aryl methyl sites for hydroxylation is 1. The number of nitrogens with zero attached hydrogens (tertiary/aromatic N) is 3. The van der Waals surface area contributed by atoms with Crippen molar-refractivity contribution >= 4 is 6.03 Å². The molecule has 3 atom stereocenters. The Morgan fingerprint density at radius 2 is 2.30 bits per heavy atom. The number of carbonyl (C=O) groups is 1. The lowest BCUT2D eigenvalue weighted by atomic mass is 10.0. The minimum absolute atomic E-state index is 0.0228. The summed E-state index contributed by atoms with van der Waals surface area (Å²) >= 11 is 0. The highest BCUT2D eigenvalue weighted by atomic mass is 16.2. The van der Waals surface area contributed by atoms with Gasteiger partial charge < -0.3 is 10.6 Å². The summed E-state index contributed by atoms with van der Waals surface area (Å²) in [6, 6.07) is 6.41. The van der Waals surface area contributed by atoms with Crippen molar-refractivity contribution in [2.24, 2.45) is 5.92 Å². The van der Waals surface area contributed by atoms with Crippen LogP contribution in [-0.2, 0) is 13.0 Å². The van der Waals surface area contributed by atoms with Crippen LogP contribution in [0.3, 0.4) is 0 Å². The number of urea groups is 1. The van der Waals surface area contributed by atoms with E-state index in [9.17, 15) is 4.79 Å². The van der Waals surface area contributed by atoms with E-state index in [-0.39, 0.29) is 18.1 Å². The van der Waals surface area contributed by atoms with Crippen molar-refractivity contribution in [1.82, 2.24) is 25.4 Å². The minimum atomic E-state index is -0.135. The summed E-state index contributed by atoms with van der Waals surface area (Å²) in [6.07, 6.45) is 4.15. The molecule has 1 aliphatic carbocycles. The van der Waals surface area contributed by atoms with E-state index in [2.05, 4.69) is 52.8 Å². The Hall–Kier alpha value is -2.37. The number of benzene rings is 1. The minimum Gasteiger partial charge on any atom is -0.334 e. The van der Waals surface area contributed by atoms with E-state index in [0.717, 1.165) is 6.42 Å². The topological polar surface area (TPSA) is 71.8 Å². The van der Waals surface area contributed by atoms with Gasteiger partial charge in [0.25, 0.3) is 0 Å². The van der Waals surface area contributed by atoms with Gasteiger partial charge in [0, 0.05) is 6.04 Å². The van der Waals surface area contributed by atoms with Crippen molar-refractivity contribution in [3.05, 3.63) is 47.5 Å². The summed E-state index contributed by atoms with van der Waals surface area (Å²) in [5.41, 5.74) is 3.81. The molecule has 0 spiro atoms. The Labute approximate surface area is 136 Å². The Bertz CT molecular complexity index is 682. The van der Waals surface area contributed by atoms with Crippen molar-refractivity contribution in [3.8, 4) is 0 Å². The molecule has 23 heavy (non-hydrogen) atoms. The van der Waals surface area contributed by atoms with Gasteiger partial charge in [0.1, 0.15) is 12.7 Å². The first-order valence-electron chi connectivity index (χ1n) is 8.02. The van der Waals surface area contributed by atoms with E-state index in [4.69, 9.17) is 0 Å². The number of carbonyl (C=O) groups excluding carboxylic acids is 1. The number of hydrogen-bond donors (Lipinski definition) is 2. The van der Waals surface area contributed by atoms with E-state index < -0.39 is 0 Å². The molecule has 0 saturated heterocycles. The van der Waals surface area contributed by atoms with Crippen LogP contribution in [-0.4, -0.2) is 26.8 Å². The average molecular weight is 313 g/mol. The summed E-state index contributed by atoms with van der Waals surface area (Å²) in [5, 5.41) is 10.2. The monoisotopic (exact) mass is 313 g/mol. The molecule has 0 saturated carbocycles. The highest BCUT2D eigenvalue weighted by Gasteiger charge is 2.30. The molecule has 1 aromatic carbocycles. The molecule has 122 valence electrons.